The molecular weight excluding hydrogens is 376 g/mol. The van der Waals surface area contributed by atoms with Gasteiger partial charge in [-0.05, 0) is 73.7 Å². The Labute approximate surface area is 177 Å². The topological polar surface area (TPSA) is 56.4 Å². The van der Waals surface area contributed by atoms with Crippen LogP contribution in [0.4, 0.5) is 0 Å². The molecule has 30 heavy (non-hydrogen) atoms. The van der Waals surface area contributed by atoms with Gasteiger partial charge in [0, 0.05) is 23.4 Å². The molecule has 2 aromatic carbocycles. The van der Waals surface area contributed by atoms with Crippen LogP contribution in [-0.2, 0) is 13.0 Å². The molecule has 5 heteroatoms. The maximum absolute atomic E-state index is 10.2. The molecular formula is C25H26N2O3. The van der Waals surface area contributed by atoms with E-state index in [0.717, 1.165) is 57.9 Å². The van der Waals surface area contributed by atoms with Crippen molar-refractivity contribution >= 4 is 0 Å². The minimum absolute atomic E-state index is 0.671. The van der Waals surface area contributed by atoms with E-state index in [4.69, 9.17) is 14.2 Å². The van der Waals surface area contributed by atoms with Crippen LogP contribution in [0, 0.1) is 32.1 Å². The van der Waals surface area contributed by atoms with Crippen LogP contribution >= 0.6 is 0 Å². The van der Waals surface area contributed by atoms with Crippen molar-refractivity contribution in [3.63, 3.8) is 0 Å². The Morgan fingerprint density at radius 3 is 2.10 bits per heavy atom. The van der Waals surface area contributed by atoms with E-state index < -0.39 is 0 Å². The predicted molar refractivity (Wildman–Crippen MR) is 118 cm³/mol. The first-order valence-electron chi connectivity index (χ1n) is 9.99. The van der Waals surface area contributed by atoms with Gasteiger partial charge in [-0.2, -0.15) is 5.26 Å². The van der Waals surface area contributed by atoms with E-state index in [9.17, 15) is 5.26 Å². The lowest BCUT2D eigenvalue weighted by Gasteiger charge is -2.22. The van der Waals surface area contributed by atoms with Crippen molar-refractivity contribution in [1.29, 1.82) is 5.26 Å². The third-order valence-electron chi connectivity index (χ3n) is 6.06. The number of methoxy groups -OCH3 is 3. The van der Waals surface area contributed by atoms with Crippen molar-refractivity contribution in [3.8, 4) is 45.7 Å². The summed E-state index contributed by atoms with van der Waals surface area (Å²) >= 11 is 0. The third kappa shape index (κ3) is 2.83. The number of rotatable bonds is 4. The summed E-state index contributed by atoms with van der Waals surface area (Å²) in [7, 11) is 4.97. The van der Waals surface area contributed by atoms with Gasteiger partial charge in [0.15, 0.2) is 11.5 Å². The highest BCUT2D eigenvalue weighted by atomic mass is 16.5. The second-order valence-electron chi connectivity index (χ2n) is 7.71. The van der Waals surface area contributed by atoms with Crippen molar-refractivity contribution in [2.45, 2.75) is 33.7 Å². The third-order valence-corrected chi connectivity index (χ3v) is 6.06. The van der Waals surface area contributed by atoms with E-state index >= 15 is 0 Å². The van der Waals surface area contributed by atoms with Gasteiger partial charge in [0.2, 0.25) is 0 Å². The van der Waals surface area contributed by atoms with E-state index in [1.54, 1.807) is 21.3 Å². The zero-order valence-electron chi connectivity index (χ0n) is 18.3. The lowest BCUT2D eigenvalue weighted by Crippen LogP contribution is -2.12. The molecule has 0 saturated heterocycles. The predicted octanol–water partition coefficient (Wildman–Crippen LogP) is 5.20. The van der Waals surface area contributed by atoms with Gasteiger partial charge in [0.05, 0.1) is 32.6 Å². The van der Waals surface area contributed by atoms with Gasteiger partial charge in [-0.25, -0.2) is 0 Å². The smallest absolute Gasteiger partial charge is 0.161 e. The minimum Gasteiger partial charge on any atom is -0.496 e. The Morgan fingerprint density at radius 1 is 0.900 bits per heavy atom. The standard InChI is InChI=1S/C25H26N2O3/c1-14-9-18(10-15(2)25(14)30-6)23-16(3)27-8-7-17-11-21(28-4)22(29-5)12-19(17)24(27)20(23)13-26/h9-12H,7-8H2,1-6H3. The van der Waals surface area contributed by atoms with Gasteiger partial charge < -0.3 is 18.8 Å². The van der Waals surface area contributed by atoms with Crippen LogP contribution in [0.15, 0.2) is 24.3 Å². The summed E-state index contributed by atoms with van der Waals surface area (Å²) in [6.45, 7) is 7.01. The molecule has 0 amide bonds. The van der Waals surface area contributed by atoms with Gasteiger partial charge in [-0.1, -0.05) is 0 Å². The fourth-order valence-electron chi connectivity index (χ4n) is 4.76. The highest BCUT2D eigenvalue weighted by molar-refractivity contribution is 5.86. The zero-order valence-corrected chi connectivity index (χ0v) is 18.3. The molecule has 0 unspecified atom stereocenters. The van der Waals surface area contributed by atoms with Crippen LogP contribution in [-0.4, -0.2) is 25.9 Å². The molecule has 4 rings (SSSR count). The molecule has 0 N–H and O–H groups in total. The van der Waals surface area contributed by atoms with Crippen LogP contribution in [0.2, 0.25) is 0 Å². The number of nitriles is 1. The van der Waals surface area contributed by atoms with Crippen molar-refractivity contribution < 1.29 is 14.2 Å². The van der Waals surface area contributed by atoms with E-state index in [-0.39, 0.29) is 0 Å². The SMILES string of the molecule is COc1cc2c(cc1OC)-c1c(C#N)c(-c3cc(C)c(OC)c(C)c3)c(C)n1CC2. The highest BCUT2D eigenvalue weighted by Gasteiger charge is 2.28. The average Bonchev–Trinajstić information content (AvgIpc) is 3.04. The maximum Gasteiger partial charge on any atom is 0.161 e. The lowest BCUT2D eigenvalue weighted by molar-refractivity contribution is 0.354. The van der Waals surface area contributed by atoms with E-state index in [0.29, 0.717) is 17.1 Å². The normalized spacial score (nSPS) is 12.0. The summed E-state index contributed by atoms with van der Waals surface area (Å²) in [5, 5.41) is 10.2. The first-order chi connectivity index (χ1) is 14.4. The maximum atomic E-state index is 10.2. The molecule has 1 aliphatic heterocycles. The first-order valence-corrected chi connectivity index (χ1v) is 9.99. The molecule has 0 atom stereocenters. The second kappa shape index (κ2) is 7.46. The Bertz CT molecular complexity index is 1180. The molecule has 0 radical (unpaired) electrons. The largest absolute Gasteiger partial charge is 0.496 e. The lowest BCUT2D eigenvalue weighted by atomic mass is 9.93. The zero-order chi connectivity index (χ0) is 21.6. The molecule has 154 valence electrons. The summed E-state index contributed by atoms with van der Waals surface area (Å²) in [4.78, 5) is 0. The summed E-state index contributed by atoms with van der Waals surface area (Å²) in [5.41, 5.74) is 9.12. The van der Waals surface area contributed by atoms with Crippen molar-refractivity contribution in [2.24, 2.45) is 0 Å². The Balaban J connectivity index is 2.00. The van der Waals surface area contributed by atoms with Gasteiger partial charge in [0.25, 0.3) is 0 Å². The summed E-state index contributed by atoms with van der Waals surface area (Å²) in [5.74, 6) is 2.28. The summed E-state index contributed by atoms with van der Waals surface area (Å²) in [6, 6.07) is 10.7. The number of aromatic nitrogens is 1. The molecule has 5 nitrogen and oxygen atoms in total. The second-order valence-corrected chi connectivity index (χ2v) is 7.71. The number of benzene rings is 2. The molecule has 2 heterocycles. The molecule has 0 aliphatic carbocycles. The van der Waals surface area contributed by atoms with E-state index in [2.05, 4.69) is 29.7 Å². The molecule has 0 fully saturated rings. The summed E-state index contributed by atoms with van der Waals surface area (Å²) in [6.07, 6.45) is 0.878. The molecule has 0 spiro atoms. The van der Waals surface area contributed by atoms with Gasteiger partial charge in [-0.3, -0.25) is 0 Å². The Kier molecular flexibility index (Phi) is 4.95. The van der Waals surface area contributed by atoms with Crippen LogP contribution in [0.1, 0.15) is 27.9 Å². The number of nitrogens with zero attached hydrogens (tertiary/aromatic N) is 2. The highest BCUT2D eigenvalue weighted by Crippen LogP contribution is 2.45. The number of hydrogen-bond donors (Lipinski definition) is 0. The van der Waals surface area contributed by atoms with Gasteiger partial charge in [-0.15, -0.1) is 0 Å². The molecule has 1 aliphatic rings. The monoisotopic (exact) mass is 402 g/mol. The van der Waals surface area contributed by atoms with Gasteiger partial charge in [0.1, 0.15) is 11.8 Å². The Hall–Kier alpha value is -3.39. The van der Waals surface area contributed by atoms with E-state index in [1.165, 1.54) is 5.56 Å². The average molecular weight is 402 g/mol. The number of aryl methyl sites for hydroxylation is 3. The number of fused-ring (bicyclic) bond motifs is 3. The van der Waals surface area contributed by atoms with Crippen molar-refractivity contribution in [2.75, 3.05) is 21.3 Å². The Morgan fingerprint density at radius 2 is 1.53 bits per heavy atom. The van der Waals surface area contributed by atoms with E-state index in [1.807, 2.05) is 26.0 Å². The van der Waals surface area contributed by atoms with Gasteiger partial charge >= 0.3 is 0 Å². The molecule has 0 bridgehead atoms. The fraction of sp³-hybridized carbons (Fsp3) is 0.320. The van der Waals surface area contributed by atoms with Crippen molar-refractivity contribution in [3.05, 3.63) is 52.2 Å². The first kappa shape index (κ1) is 19.9. The molecule has 3 aromatic rings. The fourth-order valence-corrected chi connectivity index (χ4v) is 4.76. The van der Waals surface area contributed by atoms with Crippen LogP contribution in [0.25, 0.3) is 22.4 Å². The summed E-state index contributed by atoms with van der Waals surface area (Å²) < 4.78 is 18.8. The van der Waals surface area contributed by atoms with Crippen LogP contribution in [0.3, 0.4) is 0 Å². The van der Waals surface area contributed by atoms with Crippen LogP contribution in [0.5, 0.6) is 17.2 Å². The van der Waals surface area contributed by atoms with Crippen LogP contribution < -0.4 is 14.2 Å². The minimum atomic E-state index is 0.671. The number of hydrogen-bond acceptors (Lipinski definition) is 4. The molecule has 1 aromatic heterocycles. The quantitative estimate of drug-likeness (QED) is 0.602. The number of ether oxygens (including phenoxy) is 3. The molecule has 0 saturated carbocycles. The van der Waals surface area contributed by atoms with Crippen molar-refractivity contribution in [1.82, 2.24) is 4.57 Å².